The molecule has 4 heteroatoms. The second kappa shape index (κ2) is 8.44. The summed E-state index contributed by atoms with van der Waals surface area (Å²) in [4.78, 5) is 2.03. The minimum absolute atomic E-state index is 0.139. The van der Waals surface area contributed by atoms with Crippen molar-refractivity contribution in [3.05, 3.63) is 0 Å². The van der Waals surface area contributed by atoms with Crippen molar-refractivity contribution in [3.8, 4) is 0 Å². The zero-order valence-electron chi connectivity index (χ0n) is 8.57. The molecule has 80 valence electrons. The lowest BCUT2D eigenvalue weighted by Gasteiger charge is -2.23. The van der Waals surface area contributed by atoms with Crippen LogP contribution in [0.1, 0.15) is 13.3 Å². The lowest BCUT2D eigenvalue weighted by atomic mass is 10.3. The van der Waals surface area contributed by atoms with Crippen molar-refractivity contribution in [2.75, 3.05) is 40.0 Å². The van der Waals surface area contributed by atoms with Crippen LogP contribution in [0.15, 0.2) is 0 Å². The first kappa shape index (κ1) is 12.8. The number of ether oxygens (including phenoxy) is 1. The van der Waals surface area contributed by atoms with Gasteiger partial charge in [0, 0.05) is 20.2 Å². The zero-order chi connectivity index (χ0) is 10.1. The number of nitrogens with zero attached hydrogens (tertiary/aromatic N) is 1. The van der Waals surface area contributed by atoms with Gasteiger partial charge < -0.3 is 14.9 Å². The highest BCUT2D eigenvalue weighted by atomic mass is 16.5. The molecule has 0 spiro atoms. The van der Waals surface area contributed by atoms with Crippen molar-refractivity contribution in [1.29, 1.82) is 0 Å². The molecule has 0 radical (unpaired) electrons. The Balaban J connectivity index is 3.64. The first-order chi connectivity index (χ1) is 6.24. The topological polar surface area (TPSA) is 52.9 Å². The van der Waals surface area contributed by atoms with E-state index in [0.717, 1.165) is 13.0 Å². The van der Waals surface area contributed by atoms with E-state index in [9.17, 15) is 5.11 Å². The summed E-state index contributed by atoms with van der Waals surface area (Å²) in [6, 6.07) is 0. The van der Waals surface area contributed by atoms with Gasteiger partial charge in [0.05, 0.1) is 19.3 Å². The largest absolute Gasteiger partial charge is 0.395 e. The van der Waals surface area contributed by atoms with Crippen LogP contribution in [0.5, 0.6) is 0 Å². The van der Waals surface area contributed by atoms with Crippen molar-refractivity contribution in [2.45, 2.75) is 19.4 Å². The molecule has 0 saturated heterocycles. The second-order valence-electron chi connectivity index (χ2n) is 3.13. The summed E-state index contributed by atoms with van der Waals surface area (Å²) in [6.45, 7) is 4.66. The molecule has 0 aliphatic rings. The molecule has 0 rings (SSSR count). The van der Waals surface area contributed by atoms with Gasteiger partial charge in [-0.05, 0) is 13.0 Å². The normalized spacial score (nSPS) is 13.6. The van der Waals surface area contributed by atoms with E-state index in [1.165, 1.54) is 0 Å². The van der Waals surface area contributed by atoms with Gasteiger partial charge in [-0.3, -0.25) is 4.90 Å². The third-order valence-corrected chi connectivity index (χ3v) is 1.78. The lowest BCUT2D eigenvalue weighted by molar-refractivity contribution is 0.0340. The van der Waals surface area contributed by atoms with E-state index in [0.29, 0.717) is 19.7 Å². The van der Waals surface area contributed by atoms with E-state index in [4.69, 9.17) is 9.84 Å². The maximum atomic E-state index is 9.42. The molecule has 0 heterocycles. The summed E-state index contributed by atoms with van der Waals surface area (Å²) in [7, 11) is 1.57. The molecule has 0 amide bonds. The molecule has 1 atom stereocenters. The van der Waals surface area contributed by atoms with Gasteiger partial charge in [-0.25, -0.2) is 0 Å². The maximum absolute atomic E-state index is 9.42. The minimum Gasteiger partial charge on any atom is -0.395 e. The quantitative estimate of drug-likeness (QED) is 0.553. The maximum Gasteiger partial charge on any atom is 0.0900 e. The molecule has 0 bridgehead atoms. The molecule has 0 aliphatic carbocycles. The molecule has 0 saturated carbocycles. The second-order valence-corrected chi connectivity index (χ2v) is 3.13. The Kier molecular flexibility index (Phi) is 8.33. The smallest absolute Gasteiger partial charge is 0.0900 e. The first-order valence-electron chi connectivity index (χ1n) is 4.74. The molecule has 1 unspecified atom stereocenters. The van der Waals surface area contributed by atoms with Crippen LogP contribution in [0, 0.1) is 0 Å². The molecule has 4 nitrogen and oxygen atoms in total. The average molecular weight is 191 g/mol. The summed E-state index contributed by atoms with van der Waals surface area (Å²) in [5.74, 6) is 0. The molecular weight excluding hydrogens is 170 g/mol. The Hall–Kier alpha value is -0.160. The Morgan fingerprint density at radius 1 is 1.38 bits per heavy atom. The van der Waals surface area contributed by atoms with Gasteiger partial charge in [-0.2, -0.15) is 0 Å². The van der Waals surface area contributed by atoms with Crippen molar-refractivity contribution in [3.63, 3.8) is 0 Å². The number of rotatable bonds is 8. The lowest BCUT2D eigenvalue weighted by Crippen LogP contribution is -2.37. The molecular formula is C9H21NO3. The molecule has 0 aromatic heterocycles. The van der Waals surface area contributed by atoms with Crippen molar-refractivity contribution in [1.82, 2.24) is 4.90 Å². The summed E-state index contributed by atoms with van der Waals surface area (Å²) in [6.07, 6.45) is 0.572. The number of aliphatic hydroxyl groups is 2. The van der Waals surface area contributed by atoms with Crippen LogP contribution >= 0.6 is 0 Å². The Labute approximate surface area is 80.1 Å². The number of hydrogen-bond donors (Lipinski definition) is 2. The highest BCUT2D eigenvalue weighted by Gasteiger charge is 2.09. The fourth-order valence-corrected chi connectivity index (χ4v) is 1.30. The van der Waals surface area contributed by atoms with Gasteiger partial charge in [-0.15, -0.1) is 0 Å². The van der Waals surface area contributed by atoms with E-state index in [2.05, 4.69) is 6.92 Å². The monoisotopic (exact) mass is 191 g/mol. The fraction of sp³-hybridized carbons (Fsp3) is 1.00. The zero-order valence-corrected chi connectivity index (χ0v) is 8.57. The third kappa shape index (κ3) is 6.95. The highest BCUT2D eigenvalue weighted by Crippen LogP contribution is 1.94. The van der Waals surface area contributed by atoms with E-state index >= 15 is 0 Å². The van der Waals surface area contributed by atoms with Crippen molar-refractivity contribution in [2.24, 2.45) is 0 Å². The van der Waals surface area contributed by atoms with Crippen LogP contribution in [0.4, 0.5) is 0 Å². The van der Waals surface area contributed by atoms with E-state index < -0.39 is 6.10 Å². The molecule has 0 aliphatic heterocycles. The van der Waals surface area contributed by atoms with Gasteiger partial charge in [0.25, 0.3) is 0 Å². The van der Waals surface area contributed by atoms with Gasteiger partial charge in [-0.1, -0.05) is 6.92 Å². The summed E-state index contributed by atoms with van der Waals surface area (Å²) < 4.78 is 4.82. The predicted octanol–water partition coefficient (Wildman–Crippen LogP) is -0.302. The molecule has 2 N–H and O–H groups in total. The summed E-state index contributed by atoms with van der Waals surface area (Å²) >= 11 is 0. The van der Waals surface area contributed by atoms with Gasteiger partial charge in [0.2, 0.25) is 0 Å². The Bertz CT molecular complexity index is 105. The van der Waals surface area contributed by atoms with Crippen LogP contribution in [-0.2, 0) is 4.74 Å². The average Bonchev–Trinajstić information content (AvgIpc) is 2.05. The first-order valence-corrected chi connectivity index (χ1v) is 4.74. The fourth-order valence-electron chi connectivity index (χ4n) is 1.30. The van der Waals surface area contributed by atoms with Gasteiger partial charge in [0.1, 0.15) is 0 Å². The SMILES string of the molecule is CCCN(CCO)CC(O)COC. The summed E-state index contributed by atoms with van der Waals surface area (Å²) in [5, 5.41) is 18.2. The van der Waals surface area contributed by atoms with E-state index in [-0.39, 0.29) is 6.61 Å². The van der Waals surface area contributed by atoms with Crippen molar-refractivity contribution >= 4 is 0 Å². The van der Waals surface area contributed by atoms with Crippen LogP contribution in [0.3, 0.4) is 0 Å². The number of methoxy groups -OCH3 is 1. The standard InChI is InChI=1S/C9H21NO3/c1-3-4-10(5-6-11)7-9(12)8-13-2/h9,11-12H,3-8H2,1-2H3. The highest BCUT2D eigenvalue weighted by molar-refractivity contribution is 4.63. The van der Waals surface area contributed by atoms with Crippen molar-refractivity contribution < 1.29 is 14.9 Å². The van der Waals surface area contributed by atoms with E-state index in [1.54, 1.807) is 7.11 Å². The molecule has 0 aromatic rings. The van der Waals surface area contributed by atoms with Gasteiger partial charge >= 0.3 is 0 Å². The van der Waals surface area contributed by atoms with E-state index in [1.807, 2.05) is 4.90 Å². The van der Waals surface area contributed by atoms with Crippen LogP contribution < -0.4 is 0 Å². The molecule has 13 heavy (non-hydrogen) atoms. The van der Waals surface area contributed by atoms with Crippen LogP contribution in [0.2, 0.25) is 0 Å². The van der Waals surface area contributed by atoms with Gasteiger partial charge in [0.15, 0.2) is 0 Å². The Morgan fingerprint density at radius 2 is 2.08 bits per heavy atom. The van der Waals surface area contributed by atoms with Crippen LogP contribution in [-0.4, -0.2) is 61.2 Å². The minimum atomic E-state index is -0.455. The number of hydrogen-bond acceptors (Lipinski definition) is 4. The third-order valence-electron chi connectivity index (χ3n) is 1.78. The van der Waals surface area contributed by atoms with Crippen LogP contribution in [0.25, 0.3) is 0 Å². The number of aliphatic hydroxyl groups excluding tert-OH is 2. The predicted molar refractivity (Wildman–Crippen MR) is 51.7 cm³/mol. The molecule has 0 fully saturated rings. The summed E-state index contributed by atoms with van der Waals surface area (Å²) in [5.41, 5.74) is 0. The Morgan fingerprint density at radius 3 is 2.54 bits per heavy atom. The molecule has 0 aromatic carbocycles.